The van der Waals surface area contributed by atoms with Gasteiger partial charge in [-0.1, -0.05) is 49.6 Å². The molecule has 3 aromatic carbocycles. The van der Waals surface area contributed by atoms with Crippen molar-refractivity contribution in [2.45, 2.75) is 95.3 Å². The van der Waals surface area contributed by atoms with Gasteiger partial charge in [-0.25, -0.2) is 4.98 Å². The lowest BCUT2D eigenvalue weighted by Crippen LogP contribution is -2.48. The summed E-state index contributed by atoms with van der Waals surface area (Å²) in [6, 6.07) is 16.0. The zero-order chi connectivity index (χ0) is 41.5. The van der Waals surface area contributed by atoms with Crippen LogP contribution in [0.15, 0.2) is 60.7 Å². The van der Waals surface area contributed by atoms with Crippen LogP contribution in [0, 0.1) is 18.8 Å². The molecule has 6 rings (SSSR count). The lowest BCUT2D eigenvalue weighted by molar-refractivity contribution is -0.292. The minimum atomic E-state index is -5.85. The Balaban J connectivity index is 0.000000606. The number of carbonyl (C=O) groups excluding carboxylic acids is 3. The minimum absolute atomic E-state index is 0.101. The monoisotopic (exact) mass is 797 g/mol. The normalized spacial score (nSPS) is 18.4. The van der Waals surface area contributed by atoms with Crippen molar-refractivity contribution in [1.29, 1.82) is 0 Å². The van der Waals surface area contributed by atoms with Crippen LogP contribution in [0.25, 0.3) is 22.2 Å². The summed E-state index contributed by atoms with van der Waals surface area (Å²) in [5.74, 6) is -8.14. The third kappa shape index (κ3) is 10.9. The van der Waals surface area contributed by atoms with Crippen LogP contribution >= 0.6 is 0 Å². The van der Waals surface area contributed by atoms with Crippen LogP contribution in [0.2, 0.25) is 0 Å². The number of aromatic amines is 1. The number of fused-ring (bicyclic) bond motifs is 1. The van der Waals surface area contributed by atoms with Gasteiger partial charge in [0.15, 0.2) is 5.82 Å². The Morgan fingerprint density at radius 3 is 2.12 bits per heavy atom. The Kier molecular flexibility index (Phi) is 14.1. The Labute approximate surface area is 329 Å². The molecule has 7 N–H and O–H groups in total. The first-order valence-electron chi connectivity index (χ1n) is 19.4. The molecule has 0 radical (unpaired) electrons. The third-order valence-corrected chi connectivity index (χ3v) is 11.1. The van der Waals surface area contributed by atoms with Crippen LogP contribution in [0.3, 0.4) is 0 Å². The first-order valence-corrected chi connectivity index (χ1v) is 19.4. The highest BCUT2D eigenvalue weighted by Gasteiger charge is 2.61. The number of nitrogens with zero attached hydrogens (tertiary/aromatic N) is 2. The summed E-state index contributed by atoms with van der Waals surface area (Å²) in [4.78, 5) is 46.2. The van der Waals surface area contributed by atoms with Gasteiger partial charge in [0.1, 0.15) is 6.04 Å². The second-order valence-electron chi connectivity index (χ2n) is 15.4. The van der Waals surface area contributed by atoms with Gasteiger partial charge in [-0.05, 0) is 125 Å². The molecule has 0 bridgehead atoms. The molecule has 0 unspecified atom stereocenters. The highest BCUT2D eigenvalue weighted by atomic mass is 19.4. The standard InChI is InChI=1S/C34H35F5N6O3.C8H17N/c1-18-14-23(29(41)46)10-12-25(18)21-6-2-19(3-7-21)15-28(43-30(47)22-8-4-20(17-40)5-9-22)31(48)42-24-11-13-26-27(16-24)45-32(44-26)33(35,36)34(37,38)39;1-9(2)8-6-4-3-5-7-8/h2-3,6-7,10-14,16,20,22,28H,4-5,8-9,15,17,40H2,1H3,(H2,41,46)(H,42,48)(H,43,47)(H,44,45);8H,3-7H2,1-2H3/t20?,22?,28-;/m0./s1. The van der Waals surface area contributed by atoms with Crippen molar-refractivity contribution < 1.29 is 36.3 Å². The number of carbonyl (C=O) groups is 3. The van der Waals surface area contributed by atoms with Crippen molar-refractivity contribution >= 4 is 34.4 Å². The van der Waals surface area contributed by atoms with E-state index in [1.54, 1.807) is 18.2 Å². The van der Waals surface area contributed by atoms with Gasteiger partial charge in [-0.2, -0.15) is 22.0 Å². The molecule has 0 saturated heterocycles. The molecule has 0 spiro atoms. The molecule has 3 amide bonds. The number of H-pyrrole nitrogens is 1. The maximum Gasteiger partial charge on any atom is 0.461 e. The molecule has 2 saturated carbocycles. The molecule has 308 valence electrons. The molecule has 10 nitrogen and oxygen atoms in total. The van der Waals surface area contributed by atoms with Crippen LogP contribution in [0.4, 0.5) is 27.6 Å². The van der Waals surface area contributed by atoms with Crippen molar-refractivity contribution in [3.63, 3.8) is 0 Å². The van der Waals surface area contributed by atoms with Gasteiger partial charge < -0.3 is 32.0 Å². The summed E-state index contributed by atoms with van der Waals surface area (Å²) >= 11 is 0. The molecule has 15 heteroatoms. The van der Waals surface area contributed by atoms with Crippen LogP contribution < -0.4 is 22.1 Å². The Hall–Kier alpha value is -4.89. The summed E-state index contributed by atoms with van der Waals surface area (Å²) in [5.41, 5.74) is 14.7. The van der Waals surface area contributed by atoms with E-state index in [1.165, 1.54) is 50.3 Å². The molecule has 1 atom stereocenters. The quantitative estimate of drug-likeness (QED) is 0.0984. The maximum absolute atomic E-state index is 13.9. The zero-order valence-electron chi connectivity index (χ0n) is 32.5. The number of aromatic nitrogens is 2. The second-order valence-corrected chi connectivity index (χ2v) is 15.4. The first-order chi connectivity index (χ1) is 27.0. The van der Waals surface area contributed by atoms with E-state index in [4.69, 9.17) is 11.5 Å². The number of rotatable bonds is 11. The van der Waals surface area contributed by atoms with Crippen molar-refractivity contribution in [1.82, 2.24) is 20.2 Å². The van der Waals surface area contributed by atoms with E-state index < -0.39 is 35.8 Å². The number of nitrogens with one attached hydrogen (secondary N) is 3. The second kappa shape index (κ2) is 18.6. The SMILES string of the molecule is CN(C)C1CCCCC1.Cc1cc(C(N)=O)ccc1-c1ccc(C[C@H](NC(=O)C2CCC(CN)CC2)C(=O)Nc2ccc3nc(C(F)(F)C(F)(F)F)[nH]c3c2)cc1. The van der Waals surface area contributed by atoms with Gasteiger partial charge in [0.2, 0.25) is 17.7 Å². The fraction of sp³-hybridized carbons (Fsp3) is 0.476. The number of halogens is 5. The summed E-state index contributed by atoms with van der Waals surface area (Å²) < 4.78 is 66.4. The van der Waals surface area contributed by atoms with Gasteiger partial charge in [0.25, 0.3) is 0 Å². The van der Waals surface area contributed by atoms with E-state index in [2.05, 4.69) is 34.6 Å². The summed E-state index contributed by atoms with van der Waals surface area (Å²) in [7, 11) is 4.38. The third-order valence-electron chi connectivity index (χ3n) is 11.1. The summed E-state index contributed by atoms with van der Waals surface area (Å²) in [5, 5.41) is 5.52. The molecular weight excluding hydrogens is 745 g/mol. The van der Waals surface area contributed by atoms with Gasteiger partial charge in [0, 0.05) is 29.6 Å². The molecule has 0 aliphatic heterocycles. The molecule has 2 fully saturated rings. The van der Waals surface area contributed by atoms with E-state index in [1.807, 2.05) is 36.2 Å². The maximum atomic E-state index is 13.9. The Morgan fingerprint density at radius 1 is 0.895 bits per heavy atom. The van der Waals surface area contributed by atoms with Gasteiger partial charge in [-0.3, -0.25) is 14.4 Å². The molecule has 1 aromatic heterocycles. The lowest BCUT2D eigenvalue weighted by Gasteiger charge is -2.28. The van der Waals surface area contributed by atoms with E-state index in [0.29, 0.717) is 30.9 Å². The minimum Gasteiger partial charge on any atom is -0.366 e. The van der Waals surface area contributed by atoms with Crippen LogP contribution in [0.5, 0.6) is 0 Å². The van der Waals surface area contributed by atoms with Crippen LogP contribution in [-0.2, 0) is 21.9 Å². The van der Waals surface area contributed by atoms with E-state index in [0.717, 1.165) is 41.1 Å². The molecular formula is C42H52F5N7O3. The predicted molar refractivity (Wildman–Crippen MR) is 211 cm³/mol. The van der Waals surface area contributed by atoms with E-state index in [9.17, 15) is 36.3 Å². The number of benzene rings is 3. The fourth-order valence-corrected chi connectivity index (χ4v) is 7.55. The van der Waals surface area contributed by atoms with Crippen molar-refractivity contribution in [3.8, 4) is 11.1 Å². The fourth-order valence-electron chi connectivity index (χ4n) is 7.55. The first kappa shape index (κ1) is 43.2. The predicted octanol–water partition coefficient (Wildman–Crippen LogP) is 7.60. The van der Waals surface area contributed by atoms with Crippen molar-refractivity contribution in [2.75, 3.05) is 26.0 Å². The van der Waals surface area contributed by atoms with Crippen molar-refractivity contribution in [3.05, 3.63) is 83.2 Å². The number of hydrogen-bond acceptors (Lipinski definition) is 6. The lowest BCUT2D eigenvalue weighted by atomic mass is 9.81. The topological polar surface area (TPSA) is 159 Å². The van der Waals surface area contributed by atoms with Crippen LogP contribution in [-0.4, -0.2) is 71.5 Å². The number of aryl methyl sites for hydroxylation is 1. The van der Waals surface area contributed by atoms with E-state index >= 15 is 0 Å². The van der Waals surface area contributed by atoms with E-state index in [-0.39, 0.29) is 35.0 Å². The number of hydrogen-bond donors (Lipinski definition) is 5. The average Bonchev–Trinajstić information content (AvgIpc) is 3.62. The van der Waals surface area contributed by atoms with Gasteiger partial charge in [-0.15, -0.1) is 0 Å². The van der Waals surface area contributed by atoms with Gasteiger partial charge >= 0.3 is 12.1 Å². The summed E-state index contributed by atoms with van der Waals surface area (Å²) in [6.45, 7) is 2.40. The van der Waals surface area contributed by atoms with Crippen molar-refractivity contribution in [2.24, 2.45) is 23.3 Å². The number of anilines is 1. The zero-order valence-corrected chi connectivity index (χ0v) is 32.5. The number of primary amides is 1. The largest absolute Gasteiger partial charge is 0.461 e. The molecule has 1 heterocycles. The average molecular weight is 798 g/mol. The molecule has 2 aliphatic rings. The van der Waals surface area contributed by atoms with Crippen LogP contribution in [0.1, 0.15) is 85.1 Å². The molecule has 57 heavy (non-hydrogen) atoms. The Bertz CT molecular complexity index is 2000. The highest BCUT2D eigenvalue weighted by Crippen LogP contribution is 2.43. The summed E-state index contributed by atoms with van der Waals surface area (Å²) in [6.07, 6.45) is 4.32. The number of imidazole rings is 1. The number of amides is 3. The number of alkyl halides is 5. The highest BCUT2D eigenvalue weighted by molar-refractivity contribution is 5.99. The smallest absolute Gasteiger partial charge is 0.366 e. The molecule has 4 aromatic rings. The Morgan fingerprint density at radius 2 is 1.56 bits per heavy atom. The number of nitrogens with two attached hydrogens (primary N) is 2. The molecule has 2 aliphatic carbocycles. The van der Waals surface area contributed by atoms with Gasteiger partial charge in [0.05, 0.1) is 11.0 Å².